The van der Waals surface area contributed by atoms with E-state index in [1.165, 1.54) is 0 Å². The molecule has 2 unspecified atom stereocenters. The van der Waals surface area contributed by atoms with Crippen LogP contribution in [0.25, 0.3) is 0 Å². The number of nitrogens with one attached hydrogen (secondary N) is 1. The highest BCUT2D eigenvalue weighted by Crippen LogP contribution is 2.41. The van der Waals surface area contributed by atoms with Gasteiger partial charge in [-0.15, -0.1) is 11.3 Å². The van der Waals surface area contributed by atoms with E-state index in [0.29, 0.717) is 0 Å². The maximum absolute atomic E-state index is 6.06. The molecule has 0 spiro atoms. The molecule has 0 bridgehead atoms. The van der Waals surface area contributed by atoms with Gasteiger partial charge in [0.2, 0.25) is 0 Å². The molecule has 19 heavy (non-hydrogen) atoms. The summed E-state index contributed by atoms with van der Waals surface area (Å²) >= 11 is 1.60. The first-order valence-corrected chi connectivity index (χ1v) is 7.16. The molecule has 0 fully saturated rings. The Hall–Kier alpha value is -1.59. The van der Waals surface area contributed by atoms with E-state index in [1.54, 1.807) is 18.4 Å². The summed E-state index contributed by atoms with van der Waals surface area (Å²) in [5.74, 6) is 1.76. The lowest BCUT2D eigenvalue weighted by Gasteiger charge is -2.31. The molecular formula is C14H16N2O2S. The predicted molar refractivity (Wildman–Crippen MR) is 74.9 cm³/mol. The summed E-state index contributed by atoms with van der Waals surface area (Å²) in [6.45, 7) is 0. The standard InChI is InChI=1S/C14H16N2O2S/c1-15-11-6-14(12-7-19-8-16-12)18-13-4-3-9(17-2)5-10(11)13/h3-5,7-8,11,14-15H,6H2,1-2H3. The first-order chi connectivity index (χ1) is 9.31. The molecular weight excluding hydrogens is 260 g/mol. The third-order valence-electron chi connectivity index (χ3n) is 3.44. The van der Waals surface area contributed by atoms with Crippen molar-refractivity contribution in [1.29, 1.82) is 0 Å². The molecule has 0 saturated heterocycles. The first-order valence-electron chi connectivity index (χ1n) is 6.21. The van der Waals surface area contributed by atoms with Crippen LogP contribution in [-0.2, 0) is 0 Å². The van der Waals surface area contributed by atoms with E-state index in [1.807, 2.05) is 36.1 Å². The summed E-state index contributed by atoms with van der Waals surface area (Å²) in [4.78, 5) is 4.36. The Bertz CT molecular complexity index is 557. The molecule has 0 aliphatic carbocycles. The zero-order valence-corrected chi connectivity index (χ0v) is 11.7. The van der Waals surface area contributed by atoms with Crippen molar-refractivity contribution in [3.05, 3.63) is 40.3 Å². The Balaban J connectivity index is 1.95. The fourth-order valence-electron chi connectivity index (χ4n) is 2.41. The predicted octanol–water partition coefficient (Wildman–Crippen LogP) is 2.94. The van der Waals surface area contributed by atoms with E-state index in [4.69, 9.17) is 9.47 Å². The van der Waals surface area contributed by atoms with E-state index in [-0.39, 0.29) is 12.1 Å². The van der Waals surface area contributed by atoms with Crippen LogP contribution in [0.2, 0.25) is 0 Å². The van der Waals surface area contributed by atoms with E-state index < -0.39 is 0 Å². The molecule has 1 aliphatic heterocycles. The summed E-state index contributed by atoms with van der Waals surface area (Å²) in [6.07, 6.45) is 0.894. The number of fused-ring (bicyclic) bond motifs is 1. The van der Waals surface area contributed by atoms with Crippen molar-refractivity contribution in [3.63, 3.8) is 0 Å². The van der Waals surface area contributed by atoms with Crippen LogP contribution in [0.15, 0.2) is 29.1 Å². The fraction of sp³-hybridized carbons (Fsp3) is 0.357. The Morgan fingerprint density at radius 2 is 2.37 bits per heavy atom. The summed E-state index contributed by atoms with van der Waals surface area (Å²) < 4.78 is 11.3. The minimum Gasteiger partial charge on any atom is -0.497 e. The molecule has 0 amide bonds. The second-order valence-corrected chi connectivity index (χ2v) is 5.22. The van der Waals surface area contributed by atoms with Gasteiger partial charge in [-0.05, 0) is 25.2 Å². The maximum Gasteiger partial charge on any atom is 0.143 e. The largest absolute Gasteiger partial charge is 0.497 e. The van der Waals surface area contributed by atoms with Gasteiger partial charge < -0.3 is 14.8 Å². The van der Waals surface area contributed by atoms with Gasteiger partial charge in [0.1, 0.15) is 17.6 Å². The number of benzene rings is 1. The molecule has 1 aliphatic rings. The molecule has 0 saturated carbocycles. The van der Waals surface area contributed by atoms with Gasteiger partial charge in [0, 0.05) is 23.4 Å². The number of thiazole rings is 1. The molecule has 0 radical (unpaired) electrons. The molecule has 4 nitrogen and oxygen atoms in total. The Labute approximate surface area is 116 Å². The fourth-order valence-corrected chi connectivity index (χ4v) is 3.01. The van der Waals surface area contributed by atoms with Crippen molar-refractivity contribution in [3.8, 4) is 11.5 Å². The third-order valence-corrected chi connectivity index (χ3v) is 4.05. The minimum absolute atomic E-state index is 0.0181. The van der Waals surface area contributed by atoms with E-state index >= 15 is 0 Å². The zero-order chi connectivity index (χ0) is 13.2. The van der Waals surface area contributed by atoms with Crippen molar-refractivity contribution < 1.29 is 9.47 Å². The van der Waals surface area contributed by atoms with Crippen molar-refractivity contribution in [2.24, 2.45) is 0 Å². The quantitative estimate of drug-likeness (QED) is 0.936. The highest BCUT2D eigenvalue weighted by Gasteiger charge is 2.29. The summed E-state index contributed by atoms with van der Waals surface area (Å²) in [6, 6.07) is 6.19. The average molecular weight is 276 g/mol. The second kappa shape index (κ2) is 5.19. The van der Waals surface area contributed by atoms with Crippen molar-refractivity contribution in [2.45, 2.75) is 18.6 Å². The molecule has 100 valence electrons. The number of aromatic nitrogens is 1. The average Bonchev–Trinajstić information content (AvgIpc) is 2.99. The van der Waals surface area contributed by atoms with Crippen LogP contribution >= 0.6 is 11.3 Å². The van der Waals surface area contributed by atoms with Crippen LogP contribution in [0.5, 0.6) is 11.5 Å². The molecule has 5 heteroatoms. The van der Waals surface area contributed by atoms with Crippen LogP contribution in [0, 0.1) is 0 Å². The number of nitrogens with zero attached hydrogens (tertiary/aromatic N) is 1. The van der Waals surface area contributed by atoms with Crippen molar-refractivity contribution in [2.75, 3.05) is 14.2 Å². The van der Waals surface area contributed by atoms with Crippen molar-refractivity contribution in [1.82, 2.24) is 10.3 Å². The number of hydrogen-bond donors (Lipinski definition) is 1. The SMILES string of the molecule is CNC1CC(c2cscn2)Oc2ccc(OC)cc21. The van der Waals surface area contributed by atoms with Crippen molar-refractivity contribution >= 4 is 11.3 Å². The lowest BCUT2D eigenvalue weighted by atomic mass is 9.95. The van der Waals surface area contributed by atoms with Crippen LogP contribution in [-0.4, -0.2) is 19.1 Å². The number of hydrogen-bond acceptors (Lipinski definition) is 5. The van der Waals surface area contributed by atoms with Gasteiger partial charge >= 0.3 is 0 Å². The Kier molecular flexibility index (Phi) is 3.40. The van der Waals surface area contributed by atoms with Gasteiger partial charge in [0.05, 0.1) is 18.3 Å². The molecule has 2 aromatic rings. The van der Waals surface area contributed by atoms with Gasteiger partial charge in [-0.25, -0.2) is 4.98 Å². The van der Waals surface area contributed by atoms with Gasteiger partial charge in [0.15, 0.2) is 0 Å². The normalized spacial score (nSPS) is 21.6. The first kappa shape index (κ1) is 12.4. The van der Waals surface area contributed by atoms with Crippen LogP contribution in [0.3, 0.4) is 0 Å². The van der Waals surface area contributed by atoms with E-state index in [2.05, 4.69) is 10.3 Å². The number of ether oxygens (including phenoxy) is 2. The molecule has 2 atom stereocenters. The molecule has 2 heterocycles. The smallest absolute Gasteiger partial charge is 0.143 e. The minimum atomic E-state index is 0.0181. The zero-order valence-electron chi connectivity index (χ0n) is 10.9. The lowest BCUT2D eigenvalue weighted by molar-refractivity contribution is 0.150. The highest BCUT2D eigenvalue weighted by molar-refractivity contribution is 7.07. The number of rotatable bonds is 3. The summed E-state index contributed by atoms with van der Waals surface area (Å²) in [5, 5.41) is 5.39. The third kappa shape index (κ3) is 2.31. The number of methoxy groups -OCH3 is 1. The van der Waals surface area contributed by atoms with Crippen LogP contribution in [0.1, 0.15) is 29.8 Å². The maximum atomic E-state index is 6.06. The van der Waals surface area contributed by atoms with E-state index in [9.17, 15) is 0 Å². The molecule has 3 rings (SSSR count). The molecule has 1 aromatic carbocycles. The monoisotopic (exact) mass is 276 g/mol. The van der Waals surface area contributed by atoms with Gasteiger partial charge in [-0.3, -0.25) is 0 Å². The van der Waals surface area contributed by atoms with E-state index in [0.717, 1.165) is 29.2 Å². The van der Waals surface area contributed by atoms with Gasteiger partial charge in [0.25, 0.3) is 0 Å². The molecule has 1 aromatic heterocycles. The Morgan fingerprint density at radius 1 is 1.47 bits per heavy atom. The summed E-state index contributed by atoms with van der Waals surface area (Å²) in [7, 11) is 3.65. The Morgan fingerprint density at radius 3 is 3.05 bits per heavy atom. The van der Waals surface area contributed by atoms with Gasteiger partial charge in [-0.1, -0.05) is 0 Å². The second-order valence-electron chi connectivity index (χ2n) is 4.50. The topological polar surface area (TPSA) is 43.4 Å². The van der Waals surface area contributed by atoms with Gasteiger partial charge in [-0.2, -0.15) is 0 Å². The summed E-state index contributed by atoms with van der Waals surface area (Å²) in [5.41, 5.74) is 4.00. The molecule has 1 N–H and O–H groups in total. The van der Waals surface area contributed by atoms with Crippen LogP contribution < -0.4 is 14.8 Å². The lowest BCUT2D eigenvalue weighted by Crippen LogP contribution is -2.26. The van der Waals surface area contributed by atoms with Crippen LogP contribution in [0.4, 0.5) is 0 Å². The highest BCUT2D eigenvalue weighted by atomic mass is 32.1.